The maximum atomic E-state index is 6.42. The third-order valence-electron chi connectivity index (χ3n) is 8.27. The molecule has 0 fully saturated rings. The van der Waals surface area contributed by atoms with E-state index < -0.39 is 0 Å². The molecule has 0 aliphatic rings. The normalized spacial score (nSPS) is 11.9. The van der Waals surface area contributed by atoms with Gasteiger partial charge in [0, 0.05) is 23.3 Å². The van der Waals surface area contributed by atoms with Gasteiger partial charge in [-0.15, -0.1) is 0 Å². The molecule has 0 radical (unpaired) electrons. The van der Waals surface area contributed by atoms with Crippen molar-refractivity contribution in [1.29, 1.82) is 0 Å². The second kappa shape index (κ2) is 11.2. The fourth-order valence-electron chi connectivity index (χ4n) is 4.36. The number of nitrogens with two attached hydrogens (primary N) is 1. The number of nitrogen functional groups attached to an aromatic ring is 1. The summed E-state index contributed by atoms with van der Waals surface area (Å²) in [6.45, 7) is 20.7. The Hall–Kier alpha value is -3.20. The molecule has 0 aliphatic carbocycles. The lowest BCUT2D eigenvalue weighted by atomic mass is 9.77. The molecule has 0 heterocycles. The van der Waals surface area contributed by atoms with E-state index in [0.29, 0.717) is 0 Å². The van der Waals surface area contributed by atoms with Crippen LogP contribution in [0.4, 0.5) is 17.1 Å². The first-order valence-corrected chi connectivity index (χ1v) is 13.3. The highest BCUT2D eigenvalue weighted by atomic mass is 14.9. The standard InChI is InChI=1S/C33H45N3/c1-9-32(6,7)24(5)36-31-18-16-27(21-29(31)34)26-15-17-30(23(4)19-26)35-22-25-13-12-14-28(20-25)33(8,10-2)11-3/h12-21,35-36H,5,9-11,22,34H2,1-4,6-8H3. The molecule has 0 aromatic heterocycles. The van der Waals surface area contributed by atoms with Gasteiger partial charge in [-0.25, -0.2) is 0 Å². The highest BCUT2D eigenvalue weighted by Crippen LogP contribution is 2.34. The van der Waals surface area contributed by atoms with Crippen molar-refractivity contribution in [1.82, 2.24) is 0 Å². The number of anilines is 3. The van der Waals surface area contributed by atoms with Crippen LogP contribution in [0.3, 0.4) is 0 Å². The summed E-state index contributed by atoms with van der Waals surface area (Å²) < 4.78 is 0. The van der Waals surface area contributed by atoms with Crippen LogP contribution in [0.5, 0.6) is 0 Å². The number of nitrogens with one attached hydrogen (secondary N) is 2. The molecule has 4 N–H and O–H groups in total. The van der Waals surface area contributed by atoms with Crippen LogP contribution < -0.4 is 16.4 Å². The van der Waals surface area contributed by atoms with Crippen LogP contribution >= 0.6 is 0 Å². The Bertz CT molecular complexity index is 1200. The molecule has 3 rings (SSSR count). The molecule has 0 unspecified atom stereocenters. The van der Waals surface area contributed by atoms with E-state index in [1.165, 1.54) is 16.7 Å². The summed E-state index contributed by atoms with van der Waals surface area (Å²) in [5, 5.41) is 7.06. The van der Waals surface area contributed by atoms with E-state index in [1.807, 2.05) is 6.07 Å². The molecule has 192 valence electrons. The van der Waals surface area contributed by atoms with Crippen molar-refractivity contribution in [3.63, 3.8) is 0 Å². The topological polar surface area (TPSA) is 50.1 Å². The van der Waals surface area contributed by atoms with Crippen molar-refractivity contribution in [2.45, 2.75) is 79.7 Å². The van der Waals surface area contributed by atoms with E-state index in [0.717, 1.165) is 59.7 Å². The first-order valence-electron chi connectivity index (χ1n) is 13.3. The Kier molecular flexibility index (Phi) is 8.55. The Labute approximate surface area is 219 Å². The molecule has 0 saturated heterocycles. The molecule has 0 saturated carbocycles. The Morgan fingerprint density at radius 3 is 2.06 bits per heavy atom. The third-order valence-corrected chi connectivity index (χ3v) is 8.27. The van der Waals surface area contributed by atoms with Crippen LogP contribution in [0.1, 0.15) is 77.5 Å². The first-order chi connectivity index (χ1) is 17.0. The van der Waals surface area contributed by atoms with Crippen molar-refractivity contribution >= 4 is 17.1 Å². The maximum absolute atomic E-state index is 6.42. The molecule has 3 aromatic carbocycles. The monoisotopic (exact) mass is 483 g/mol. The molecule has 3 aromatic rings. The predicted octanol–water partition coefficient (Wildman–Crippen LogP) is 9.30. The summed E-state index contributed by atoms with van der Waals surface area (Å²) >= 11 is 0. The van der Waals surface area contributed by atoms with Crippen LogP contribution in [-0.4, -0.2) is 0 Å². The third kappa shape index (κ3) is 6.13. The second-order valence-electron chi connectivity index (χ2n) is 11.0. The molecule has 36 heavy (non-hydrogen) atoms. The van der Waals surface area contributed by atoms with Crippen LogP contribution in [-0.2, 0) is 12.0 Å². The van der Waals surface area contributed by atoms with Crippen LogP contribution in [0, 0.1) is 12.3 Å². The quantitative estimate of drug-likeness (QED) is 0.238. The fraction of sp³-hybridized carbons (Fsp3) is 0.394. The van der Waals surface area contributed by atoms with Crippen molar-refractivity contribution in [3.05, 3.63) is 89.6 Å². The number of allylic oxidation sites excluding steroid dienone is 1. The van der Waals surface area contributed by atoms with Crippen molar-refractivity contribution in [2.24, 2.45) is 5.41 Å². The molecular formula is C33H45N3. The Morgan fingerprint density at radius 1 is 0.833 bits per heavy atom. The smallest absolute Gasteiger partial charge is 0.0615 e. The van der Waals surface area contributed by atoms with Gasteiger partial charge in [-0.05, 0) is 83.7 Å². The molecule has 3 nitrogen and oxygen atoms in total. The number of benzene rings is 3. The minimum Gasteiger partial charge on any atom is -0.397 e. The van der Waals surface area contributed by atoms with Crippen LogP contribution in [0.15, 0.2) is 72.9 Å². The first kappa shape index (κ1) is 27.4. The van der Waals surface area contributed by atoms with Gasteiger partial charge in [0.15, 0.2) is 0 Å². The van der Waals surface area contributed by atoms with Gasteiger partial charge in [0.1, 0.15) is 0 Å². The fourth-order valence-corrected chi connectivity index (χ4v) is 4.36. The molecule has 0 atom stereocenters. The van der Waals surface area contributed by atoms with Gasteiger partial charge in [0.05, 0.1) is 11.4 Å². The van der Waals surface area contributed by atoms with Gasteiger partial charge in [0.25, 0.3) is 0 Å². The Morgan fingerprint density at radius 2 is 1.47 bits per heavy atom. The molecule has 0 bridgehead atoms. The highest BCUT2D eigenvalue weighted by Gasteiger charge is 2.22. The van der Waals surface area contributed by atoms with Crippen LogP contribution in [0.25, 0.3) is 11.1 Å². The van der Waals surface area contributed by atoms with Crippen molar-refractivity contribution in [3.8, 4) is 11.1 Å². The van der Waals surface area contributed by atoms with E-state index in [9.17, 15) is 0 Å². The molecule has 3 heteroatoms. The average molecular weight is 484 g/mol. The van der Waals surface area contributed by atoms with Gasteiger partial charge < -0.3 is 16.4 Å². The van der Waals surface area contributed by atoms with E-state index >= 15 is 0 Å². The minimum absolute atomic E-state index is 0.0119. The zero-order valence-electron chi connectivity index (χ0n) is 23.4. The Balaban J connectivity index is 1.72. The lowest BCUT2D eigenvalue weighted by molar-refractivity contribution is 0.434. The highest BCUT2D eigenvalue weighted by molar-refractivity contribution is 5.78. The summed E-state index contributed by atoms with van der Waals surface area (Å²) in [5.41, 5.74) is 16.7. The molecular weight excluding hydrogens is 438 g/mol. The van der Waals surface area contributed by atoms with E-state index in [4.69, 9.17) is 5.73 Å². The summed E-state index contributed by atoms with van der Waals surface area (Å²) in [6.07, 6.45) is 3.31. The maximum Gasteiger partial charge on any atom is 0.0615 e. The largest absolute Gasteiger partial charge is 0.397 e. The second-order valence-corrected chi connectivity index (χ2v) is 11.0. The SMILES string of the molecule is C=C(Nc1ccc(-c2ccc(NCc3cccc(C(C)(CC)CC)c3)c(C)c2)cc1N)C(C)(C)CC. The van der Waals surface area contributed by atoms with Gasteiger partial charge in [-0.3, -0.25) is 0 Å². The molecule has 0 aliphatic heterocycles. The van der Waals surface area contributed by atoms with Crippen molar-refractivity contribution < 1.29 is 0 Å². The lowest BCUT2D eigenvalue weighted by Gasteiger charge is -2.28. The summed E-state index contributed by atoms with van der Waals surface area (Å²) in [7, 11) is 0. The summed E-state index contributed by atoms with van der Waals surface area (Å²) in [6, 6.07) is 21.8. The van der Waals surface area contributed by atoms with Crippen LogP contribution in [0.2, 0.25) is 0 Å². The van der Waals surface area contributed by atoms with Gasteiger partial charge >= 0.3 is 0 Å². The predicted molar refractivity (Wildman–Crippen MR) is 160 cm³/mol. The zero-order valence-corrected chi connectivity index (χ0v) is 23.4. The van der Waals surface area contributed by atoms with Gasteiger partial charge in [0.2, 0.25) is 0 Å². The average Bonchev–Trinajstić information content (AvgIpc) is 2.88. The number of hydrogen-bond donors (Lipinski definition) is 3. The van der Waals surface area contributed by atoms with E-state index in [1.54, 1.807) is 0 Å². The zero-order chi connectivity index (χ0) is 26.5. The number of aryl methyl sites for hydroxylation is 1. The van der Waals surface area contributed by atoms with Gasteiger partial charge in [-0.1, -0.05) is 84.5 Å². The van der Waals surface area contributed by atoms with E-state index in [-0.39, 0.29) is 10.8 Å². The minimum atomic E-state index is 0.0119. The molecule has 0 spiro atoms. The van der Waals surface area contributed by atoms with E-state index in [2.05, 4.69) is 120 Å². The summed E-state index contributed by atoms with van der Waals surface area (Å²) in [4.78, 5) is 0. The lowest BCUT2D eigenvalue weighted by Crippen LogP contribution is -2.19. The van der Waals surface area contributed by atoms with Gasteiger partial charge in [-0.2, -0.15) is 0 Å². The number of rotatable bonds is 11. The molecule has 0 amide bonds. The van der Waals surface area contributed by atoms with Crippen molar-refractivity contribution in [2.75, 3.05) is 16.4 Å². The summed E-state index contributed by atoms with van der Waals surface area (Å²) in [5.74, 6) is 0. The number of hydrogen-bond acceptors (Lipinski definition) is 3.